The van der Waals surface area contributed by atoms with Crippen LogP contribution in [0.1, 0.15) is 16.1 Å². The van der Waals surface area contributed by atoms with E-state index in [1.54, 1.807) is 36.5 Å². The summed E-state index contributed by atoms with van der Waals surface area (Å²) in [5.41, 5.74) is 2.06. The minimum Gasteiger partial charge on any atom is -0.487 e. The molecule has 142 valence electrons. The highest BCUT2D eigenvalue weighted by atomic mass is 19.1. The lowest BCUT2D eigenvalue weighted by molar-refractivity contribution is 0.0928. The normalized spacial score (nSPS) is 14.9. The molecule has 0 spiro atoms. The standard InChI is InChI=1S/C20H17FN4O3/c1-27-18-6-5-16(24-25-18)15-10-13(21)8-12-9-14(28-19(12)15)11-23-20(26)17-4-2-3-7-22-17/h2-8,10,14H,9,11H2,1H3,(H,23,26). The van der Waals surface area contributed by atoms with E-state index >= 15 is 0 Å². The van der Waals surface area contributed by atoms with Crippen LogP contribution in [0.2, 0.25) is 0 Å². The second kappa shape index (κ2) is 7.59. The number of halogens is 1. The maximum Gasteiger partial charge on any atom is 0.270 e. The monoisotopic (exact) mass is 380 g/mol. The van der Waals surface area contributed by atoms with Gasteiger partial charge in [0.1, 0.15) is 23.4 Å². The molecule has 0 saturated carbocycles. The first-order valence-corrected chi connectivity index (χ1v) is 8.70. The third kappa shape index (κ3) is 3.62. The molecule has 1 N–H and O–H groups in total. The Morgan fingerprint density at radius 2 is 2.18 bits per heavy atom. The van der Waals surface area contributed by atoms with Crippen LogP contribution in [0.15, 0.2) is 48.7 Å². The van der Waals surface area contributed by atoms with Gasteiger partial charge in [-0.1, -0.05) is 6.07 Å². The number of carbonyl (C=O) groups excluding carboxylic acids is 1. The maximum atomic E-state index is 14.1. The third-order valence-corrected chi connectivity index (χ3v) is 4.38. The number of hydrogen-bond acceptors (Lipinski definition) is 6. The molecule has 0 bridgehead atoms. The zero-order chi connectivity index (χ0) is 19.5. The summed E-state index contributed by atoms with van der Waals surface area (Å²) in [6.07, 6.45) is 1.72. The van der Waals surface area contributed by atoms with E-state index in [0.29, 0.717) is 35.0 Å². The van der Waals surface area contributed by atoms with E-state index < -0.39 is 0 Å². The molecule has 7 nitrogen and oxygen atoms in total. The van der Waals surface area contributed by atoms with E-state index in [1.807, 2.05) is 0 Å². The largest absolute Gasteiger partial charge is 0.487 e. The van der Waals surface area contributed by atoms with Crippen molar-refractivity contribution in [1.82, 2.24) is 20.5 Å². The summed E-state index contributed by atoms with van der Waals surface area (Å²) in [5.74, 6) is 0.256. The number of pyridine rings is 1. The molecule has 2 aromatic heterocycles. The first-order valence-electron chi connectivity index (χ1n) is 8.70. The van der Waals surface area contributed by atoms with Crippen LogP contribution in [0, 0.1) is 5.82 Å². The summed E-state index contributed by atoms with van der Waals surface area (Å²) < 4.78 is 25.1. The van der Waals surface area contributed by atoms with Gasteiger partial charge in [-0.05, 0) is 30.3 Å². The highest BCUT2D eigenvalue weighted by Crippen LogP contribution is 2.38. The Bertz CT molecular complexity index is 996. The van der Waals surface area contributed by atoms with Gasteiger partial charge >= 0.3 is 0 Å². The molecule has 1 aliphatic heterocycles. The number of carbonyl (C=O) groups is 1. The van der Waals surface area contributed by atoms with Crippen molar-refractivity contribution >= 4 is 5.91 Å². The van der Waals surface area contributed by atoms with Crippen LogP contribution in [-0.4, -0.2) is 40.8 Å². The van der Waals surface area contributed by atoms with E-state index in [-0.39, 0.29) is 24.4 Å². The number of ether oxygens (including phenoxy) is 2. The summed E-state index contributed by atoms with van der Waals surface area (Å²) in [6, 6.07) is 11.3. The molecule has 4 rings (SSSR count). The first-order chi connectivity index (χ1) is 13.6. The quantitative estimate of drug-likeness (QED) is 0.732. The van der Waals surface area contributed by atoms with Gasteiger partial charge < -0.3 is 14.8 Å². The smallest absolute Gasteiger partial charge is 0.270 e. The lowest BCUT2D eigenvalue weighted by Gasteiger charge is -2.13. The number of hydrogen-bond donors (Lipinski definition) is 1. The zero-order valence-corrected chi connectivity index (χ0v) is 15.1. The lowest BCUT2D eigenvalue weighted by atomic mass is 10.0. The molecule has 8 heteroatoms. The van der Waals surface area contributed by atoms with Crippen LogP contribution in [0.25, 0.3) is 11.3 Å². The molecule has 0 saturated heterocycles. The number of methoxy groups -OCH3 is 1. The predicted octanol–water partition coefficient (Wildman–Crippen LogP) is 2.42. The number of nitrogens with one attached hydrogen (secondary N) is 1. The second-order valence-electron chi connectivity index (χ2n) is 6.27. The Balaban J connectivity index is 1.50. The average Bonchev–Trinajstić information content (AvgIpc) is 3.15. The Kier molecular flexibility index (Phi) is 4.84. The van der Waals surface area contributed by atoms with Gasteiger partial charge in [-0.3, -0.25) is 9.78 Å². The molecular weight excluding hydrogens is 363 g/mol. The number of fused-ring (bicyclic) bond motifs is 1. The number of nitrogens with zero attached hydrogens (tertiary/aromatic N) is 3. The van der Waals surface area contributed by atoms with E-state index in [4.69, 9.17) is 9.47 Å². The van der Waals surface area contributed by atoms with Gasteiger partial charge in [-0.25, -0.2) is 4.39 Å². The van der Waals surface area contributed by atoms with Gasteiger partial charge in [-0.15, -0.1) is 10.2 Å². The van der Waals surface area contributed by atoms with Crippen molar-refractivity contribution in [3.05, 3.63) is 65.7 Å². The molecule has 1 amide bonds. The summed E-state index contributed by atoms with van der Waals surface area (Å²) in [5, 5.41) is 10.8. The average molecular weight is 380 g/mol. The highest BCUT2D eigenvalue weighted by Gasteiger charge is 2.28. The Morgan fingerprint density at radius 1 is 1.29 bits per heavy atom. The third-order valence-electron chi connectivity index (χ3n) is 4.38. The Hall–Kier alpha value is -3.55. The molecule has 3 aromatic rings. The van der Waals surface area contributed by atoms with Crippen molar-refractivity contribution in [3.8, 4) is 22.9 Å². The van der Waals surface area contributed by atoms with Crippen LogP contribution >= 0.6 is 0 Å². The fourth-order valence-corrected chi connectivity index (χ4v) is 3.07. The van der Waals surface area contributed by atoms with Crippen molar-refractivity contribution in [3.63, 3.8) is 0 Å². The molecular formula is C20H17FN4O3. The molecule has 28 heavy (non-hydrogen) atoms. The number of aromatic nitrogens is 3. The van der Waals surface area contributed by atoms with E-state index in [0.717, 1.165) is 5.56 Å². The number of benzene rings is 1. The van der Waals surface area contributed by atoms with E-state index in [2.05, 4.69) is 20.5 Å². The van der Waals surface area contributed by atoms with Gasteiger partial charge in [0.05, 0.1) is 19.3 Å². The van der Waals surface area contributed by atoms with Gasteiger partial charge in [0.25, 0.3) is 5.91 Å². The van der Waals surface area contributed by atoms with Crippen LogP contribution in [0.5, 0.6) is 11.6 Å². The van der Waals surface area contributed by atoms with Crippen LogP contribution in [0.3, 0.4) is 0 Å². The summed E-state index contributed by atoms with van der Waals surface area (Å²) >= 11 is 0. The van der Waals surface area contributed by atoms with E-state index in [9.17, 15) is 9.18 Å². The summed E-state index contributed by atoms with van der Waals surface area (Å²) in [7, 11) is 1.50. The summed E-state index contributed by atoms with van der Waals surface area (Å²) in [4.78, 5) is 16.2. The van der Waals surface area contributed by atoms with Crippen LogP contribution < -0.4 is 14.8 Å². The van der Waals surface area contributed by atoms with E-state index in [1.165, 1.54) is 19.2 Å². The van der Waals surface area contributed by atoms with Gasteiger partial charge in [0.2, 0.25) is 5.88 Å². The van der Waals surface area contributed by atoms with Crippen molar-refractivity contribution < 1.29 is 18.7 Å². The van der Waals surface area contributed by atoms with Gasteiger partial charge in [-0.2, -0.15) is 0 Å². The highest BCUT2D eigenvalue weighted by molar-refractivity contribution is 5.92. The van der Waals surface area contributed by atoms with Crippen molar-refractivity contribution in [1.29, 1.82) is 0 Å². The Labute approximate surface area is 160 Å². The zero-order valence-electron chi connectivity index (χ0n) is 15.1. The molecule has 0 radical (unpaired) electrons. The molecule has 0 fully saturated rings. The lowest BCUT2D eigenvalue weighted by Crippen LogP contribution is -2.34. The fraction of sp³-hybridized carbons (Fsp3) is 0.200. The molecule has 1 unspecified atom stereocenters. The van der Waals surface area contributed by atoms with Crippen molar-refractivity contribution in [2.24, 2.45) is 0 Å². The van der Waals surface area contributed by atoms with Crippen molar-refractivity contribution in [2.75, 3.05) is 13.7 Å². The molecule has 0 aliphatic carbocycles. The molecule has 3 heterocycles. The second-order valence-corrected chi connectivity index (χ2v) is 6.27. The Morgan fingerprint density at radius 3 is 2.89 bits per heavy atom. The predicted molar refractivity (Wildman–Crippen MR) is 98.7 cm³/mol. The molecule has 1 aliphatic rings. The number of amides is 1. The maximum absolute atomic E-state index is 14.1. The molecule has 1 atom stereocenters. The topological polar surface area (TPSA) is 86.2 Å². The molecule has 1 aromatic carbocycles. The fourth-order valence-electron chi connectivity index (χ4n) is 3.07. The minimum absolute atomic E-state index is 0.277. The summed E-state index contributed by atoms with van der Waals surface area (Å²) in [6.45, 7) is 0.277. The minimum atomic E-state index is -0.381. The van der Waals surface area contributed by atoms with Gasteiger partial charge in [0.15, 0.2) is 0 Å². The van der Waals surface area contributed by atoms with Crippen LogP contribution in [-0.2, 0) is 6.42 Å². The number of rotatable bonds is 5. The van der Waals surface area contributed by atoms with Crippen molar-refractivity contribution in [2.45, 2.75) is 12.5 Å². The van der Waals surface area contributed by atoms with Gasteiger partial charge in [0, 0.05) is 29.8 Å². The SMILES string of the molecule is COc1ccc(-c2cc(F)cc3c2OC(CNC(=O)c2ccccn2)C3)nn1. The first kappa shape index (κ1) is 17.8. The van der Waals surface area contributed by atoms with Crippen LogP contribution in [0.4, 0.5) is 4.39 Å².